The summed E-state index contributed by atoms with van der Waals surface area (Å²) < 4.78 is 0.720. The third kappa shape index (κ3) is 3.69. The Morgan fingerprint density at radius 3 is 2.84 bits per heavy atom. The summed E-state index contributed by atoms with van der Waals surface area (Å²) in [4.78, 5) is 14.4. The Morgan fingerprint density at radius 1 is 1.47 bits per heavy atom. The first-order valence-electron chi connectivity index (χ1n) is 6.29. The zero-order valence-electron chi connectivity index (χ0n) is 10.7. The van der Waals surface area contributed by atoms with Crippen LogP contribution in [0.3, 0.4) is 0 Å². The molecule has 0 radical (unpaired) electrons. The molecule has 1 heterocycles. The van der Waals surface area contributed by atoms with Crippen LogP contribution in [0, 0.1) is 0 Å². The van der Waals surface area contributed by atoms with E-state index in [1.165, 1.54) is 0 Å². The van der Waals surface area contributed by atoms with Gasteiger partial charge in [-0.2, -0.15) is 0 Å². The summed E-state index contributed by atoms with van der Waals surface area (Å²) in [6, 6.07) is 5.28. The van der Waals surface area contributed by atoms with Crippen molar-refractivity contribution in [3.05, 3.63) is 27.7 Å². The molecule has 1 aliphatic heterocycles. The van der Waals surface area contributed by atoms with E-state index in [0.717, 1.165) is 30.7 Å². The Bertz CT molecular complexity index is 463. The number of carbonyl (C=O) groups is 1. The molecule has 1 amide bonds. The largest absolute Gasteiger partial charge is 0.324 e. The number of hydrogen-bond donors (Lipinski definition) is 2. The van der Waals surface area contributed by atoms with Crippen molar-refractivity contribution in [2.75, 3.05) is 31.5 Å². The lowest BCUT2D eigenvalue weighted by Gasteiger charge is -2.31. The van der Waals surface area contributed by atoms with Gasteiger partial charge in [-0.15, -0.1) is 0 Å². The molecule has 0 aliphatic carbocycles. The van der Waals surface area contributed by atoms with Crippen molar-refractivity contribution in [2.45, 2.75) is 13.0 Å². The maximum Gasteiger partial charge on any atom is 0.241 e. The van der Waals surface area contributed by atoms with Crippen LogP contribution in [0.1, 0.15) is 6.92 Å². The molecule has 0 bridgehead atoms. The third-order valence-corrected chi connectivity index (χ3v) is 4.69. The van der Waals surface area contributed by atoms with E-state index in [1.807, 2.05) is 19.1 Å². The molecule has 0 aromatic heterocycles. The number of halogens is 2. The molecule has 2 N–H and O–H groups in total. The topological polar surface area (TPSA) is 44.4 Å². The normalized spacial score (nSPS) is 18.1. The van der Waals surface area contributed by atoms with Gasteiger partial charge in [0.2, 0.25) is 5.91 Å². The molecule has 0 spiro atoms. The second-order valence-electron chi connectivity index (χ2n) is 4.55. The molecule has 19 heavy (non-hydrogen) atoms. The molecular weight excluding hydrogens is 330 g/mol. The number of nitrogens with zero attached hydrogens (tertiary/aromatic N) is 1. The van der Waals surface area contributed by atoms with Crippen molar-refractivity contribution in [1.29, 1.82) is 0 Å². The van der Waals surface area contributed by atoms with E-state index < -0.39 is 0 Å². The monoisotopic (exact) mass is 345 g/mol. The molecule has 6 heteroatoms. The van der Waals surface area contributed by atoms with Crippen molar-refractivity contribution in [3.8, 4) is 0 Å². The number of nitrogens with one attached hydrogen (secondary N) is 2. The number of benzene rings is 1. The van der Waals surface area contributed by atoms with E-state index in [4.69, 9.17) is 11.6 Å². The second kappa shape index (κ2) is 6.70. The van der Waals surface area contributed by atoms with E-state index in [2.05, 4.69) is 31.5 Å². The molecule has 0 saturated carbocycles. The summed E-state index contributed by atoms with van der Waals surface area (Å²) in [5.41, 5.74) is 0.708. The molecule has 4 nitrogen and oxygen atoms in total. The van der Waals surface area contributed by atoms with Crippen LogP contribution in [0.4, 0.5) is 5.69 Å². The molecule has 104 valence electrons. The molecule has 1 saturated heterocycles. The number of carbonyl (C=O) groups excluding carboxylic acids is 1. The molecule has 1 aromatic carbocycles. The molecule has 1 aliphatic rings. The van der Waals surface area contributed by atoms with Crippen molar-refractivity contribution < 1.29 is 4.79 Å². The standard InChI is InChI=1S/C13H17BrClN3O/c1-9(18-7-5-16-6-8-18)13(19)17-11-4-2-3-10(15)12(11)14/h2-4,9,16H,5-8H2,1H3,(H,17,19). The smallest absolute Gasteiger partial charge is 0.241 e. The van der Waals surface area contributed by atoms with Crippen LogP contribution in [0.2, 0.25) is 5.02 Å². The van der Waals surface area contributed by atoms with Crippen LogP contribution in [0.15, 0.2) is 22.7 Å². The molecule has 1 atom stereocenters. The highest BCUT2D eigenvalue weighted by molar-refractivity contribution is 9.10. The first-order chi connectivity index (χ1) is 9.09. The minimum Gasteiger partial charge on any atom is -0.324 e. The minimum atomic E-state index is -0.145. The lowest BCUT2D eigenvalue weighted by molar-refractivity contribution is -0.120. The van der Waals surface area contributed by atoms with Crippen LogP contribution < -0.4 is 10.6 Å². The summed E-state index contributed by atoms with van der Waals surface area (Å²) in [6.07, 6.45) is 0. The molecule has 1 unspecified atom stereocenters. The van der Waals surface area contributed by atoms with Crippen LogP contribution >= 0.6 is 27.5 Å². The van der Waals surface area contributed by atoms with E-state index in [9.17, 15) is 4.79 Å². The van der Waals surface area contributed by atoms with Crippen LogP contribution in [-0.4, -0.2) is 43.0 Å². The van der Waals surface area contributed by atoms with Crippen LogP contribution in [0.25, 0.3) is 0 Å². The predicted octanol–water partition coefficient (Wildman–Crippen LogP) is 2.33. The summed E-state index contributed by atoms with van der Waals surface area (Å²) in [5.74, 6) is -0.00938. The Morgan fingerprint density at radius 2 is 2.16 bits per heavy atom. The van der Waals surface area contributed by atoms with Gasteiger partial charge in [-0.1, -0.05) is 17.7 Å². The fraction of sp³-hybridized carbons (Fsp3) is 0.462. The maximum atomic E-state index is 12.2. The van der Waals surface area contributed by atoms with E-state index in [1.54, 1.807) is 6.07 Å². The van der Waals surface area contributed by atoms with Crippen LogP contribution in [-0.2, 0) is 4.79 Å². The Balaban J connectivity index is 2.01. The van der Waals surface area contributed by atoms with E-state index in [-0.39, 0.29) is 11.9 Å². The van der Waals surface area contributed by atoms with Crippen molar-refractivity contribution in [2.24, 2.45) is 0 Å². The number of hydrogen-bond acceptors (Lipinski definition) is 3. The summed E-state index contributed by atoms with van der Waals surface area (Å²) in [5, 5.41) is 6.78. The number of amides is 1. The zero-order chi connectivity index (χ0) is 13.8. The molecule has 1 aromatic rings. The van der Waals surface area contributed by atoms with Gasteiger partial charge in [-0.05, 0) is 35.0 Å². The fourth-order valence-electron chi connectivity index (χ4n) is 2.07. The summed E-state index contributed by atoms with van der Waals surface area (Å²) in [6.45, 7) is 5.58. The van der Waals surface area contributed by atoms with Gasteiger partial charge in [0, 0.05) is 26.2 Å². The Kier molecular flexibility index (Phi) is 5.21. The minimum absolute atomic E-state index is 0.00938. The maximum absolute atomic E-state index is 12.2. The molecule has 2 rings (SSSR count). The second-order valence-corrected chi connectivity index (χ2v) is 5.75. The first-order valence-corrected chi connectivity index (χ1v) is 7.46. The van der Waals surface area contributed by atoms with Crippen molar-refractivity contribution in [1.82, 2.24) is 10.2 Å². The highest BCUT2D eigenvalue weighted by Gasteiger charge is 2.23. The molecular formula is C13H17BrClN3O. The SMILES string of the molecule is CC(C(=O)Nc1cccc(Cl)c1Br)N1CCNCC1. The van der Waals surface area contributed by atoms with Gasteiger partial charge in [-0.3, -0.25) is 9.69 Å². The lowest BCUT2D eigenvalue weighted by Crippen LogP contribution is -2.51. The van der Waals surface area contributed by atoms with E-state index >= 15 is 0 Å². The summed E-state index contributed by atoms with van der Waals surface area (Å²) >= 11 is 9.39. The fourth-order valence-corrected chi connectivity index (χ4v) is 2.61. The third-order valence-electron chi connectivity index (χ3n) is 3.29. The molecule has 1 fully saturated rings. The van der Waals surface area contributed by atoms with E-state index in [0.29, 0.717) is 10.7 Å². The Hall–Kier alpha value is -0.620. The quantitative estimate of drug-likeness (QED) is 0.883. The van der Waals surface area contributed by atoms with Gasteiger partial charge < -0.3 is 10.6 Å². The average molecular weight is 347 g/mol. The number of anilines is 1. The predicted molar refractivity (Wildman–Crippen MR) is 81.7 cm³/mol. The van der Waals surface area contributed by atoms with Crippen molar-refractivity contribution in [3.63, 3.8) is 0 Å². The average Bonchev–Trinajstić information content (AvgIpc) is 2.44. The number of rotatable bonds is 3. The van der Waals surface area contributed by atoms with Crippen molar-refractivity contribution >= 4 is 39.1 Å². The van der Waals surface area contributed by atoms with Gasteiger partial charge in [0.15, 0.2) is 0 Å². The van der Waals surface area contributed by atoms with Gasteiger partial charge in [0.25, 0.3) is 0 Å². The van der Waals surface area contributed by atoms with Gasteiger partial charge in [0.05, 0.1) is 21.2 Å². The van der Waals surface area contributed by atoms with Gasteiger partial charge >= 0.3 is 0 Å². The van der Waals surface area contributed by atoms with Gasteiger partial charge in [-0.25, -0.2) is 0 Å². The Labute approximate surface area is 126 Å². The highest BCUT2D eigenvalue weighted by atomic mass is 79.9. The summed E-state index contributed by atoms with van der Waals surface area (Å²) in [7, 11) is 0. The zero-order valence-corrected chi connectivity index (χ0v) is 13.1. The van der Waals surface area contributed by atoms with Gasteiger partial charge in [0.1, 0.15) is 0 Å². The number of piperazine rings is 1. The van der Waals surface area contributed by atoms with Crippen LogP contribution in [0.5, 0.6) is 0 Å². The first kappa shape index (κ1) is 14.8. The highest BCUT2D eigenvalue weighted by Crippen LogP contribution is 2.30. The lowest BCUT2D eigenvalue weighted by atomic mass is 10.2.